The molecule has 4 N–H and O–H groups in total. The van der Waals surface area contributed by atoms with Crippen molar-refractivity contribution < 1.29 is 24.2 Å². The van der Waals surface area contributed by atoms with Crippen LogP contribution in [0.4, 0.5) is 5.69 Å². The Morgan fingerprint density at radius 3 is 2.55 bits per heavy atom. The highest BCUT2D eigenvalue weighted by atomic mass is 32.1. The molecule has 0 saturated carbocycles. The quantitative estimate of drug-likeness (QED) is 0.374. The first-order valence-corrected chi connectivity index (χ1v) is 9.82. The van der Waals surface area contributed by atoms with Crippen LogP contribution in [0.2, 0.25) is 0 Å². The van der Waals surface area contributed by atoms with Gasteiger partial charge < -0.3 is 24.7 Å². The number of amides is 1. The predicted molar refractivity (Wildman–Crippen MR) is 115 cm³/mol. The van der Waals surface area contributed by atoms with E-state index in [1.165, 1.54) is 19.2 Å². The minimum atomic E-state index is -0.643. The van der Waals surface area contributed by atoms with Gasteiger partial charge in [0.1, 0.15) is 22.5 Å². The van der Waals surface area contributed by atoms with Gasteiger partial charge in [-0.1, -0.05) is 23.5 Å². The molecule has 158 valence electrons. The zero-order chi connectivity index (χ0) is 22.1. The van der Waals surface area contributed by atoms with Crippen LogP contribution in [0.3, 0.4) is 0 Å². The SMILES string of the molecule is COc1cc(O)c2c(=O)cc(C(=O)Nc3ccc(Cc4sc(=O)[nH]c4O)cc3)oc2c1. The number of ether oxygens (including phenoxy) is 1. The van der Waals surface area contributed by atoms with Gasteiger partial charge in [-0.3, -0.25) is 19.4 Å². The molecule has 0 aliphatic rings. The largest absolute Gasteiger partial charge is 0.507 e. The molecule has 0 atom stereocenters. The number of phenols is 1. The molecule has 4 aromatic rings. The Hall–Kier alpha value is -4.05. The van der Waals surface area contributed by atoms with E-state index in [0.29, 0.717) is 17.0 Å². The van der Waals surface area contributed by atoms with E-state index in [4.69, 9.17) is 9.15 Å². The van der Waals surface area contributed by atoms with Crippen molar-refractivity contribution >= 4 is 33.9 Å². The number of carbonyl (C=O) groups is 1. The van der Waals surface area contributed by atoms with Crippen molar-refractivity contribution in [2.24, 2.45) is 0 Å². The van der Waals surface area contributed by atoms with E-state index in [0.717, 1.165) is 23.0 Å². The Morgan fingerprint density at radius 1 is 1.16 bits per heavy atom. The van der Waals surface area contributed by atoms with Crippen molar-refractivity contribution in [1.29, 1.82) is 0 Å². The van der Waals surface area contributed by atoms with Crippen molar-refractivity contribution in [2.45, 2.75) is 6.42 Å². The van der Waals surface area contributed by atoms with E-state index in [2.05, 4.69) is 10.3 Å². The van der Waals surface area contributed by atoms with Gasteiger partial charge in [-0.15, -0.1) is 0 Å². The zero-order valence-corrected chi connectivity index (χ0v) is 16.9. The van der Waals surface area contributed by atoms with Crippen LogP contribution < -0.4 is 20.4 Å². The minimum Gasteiger partial charge on any atom is -0.507 e. The van der Waals surface area contributed by atoms with Crippen molar-refractivity contribution in [3.05, 3.63) is 78.6 Å². The summed E-state index contributed by atoms with van der Waals surface area (Å²) in [6.07, 6.45) is 0.355. The van der Waals surface area contributed by atoms with Crippen molar-refractivity contribution in [2.75, 3.05) is 12.4 Å². The van der Waals surface area contributed by atoms with Crippen LogP contribution in [0.5, 0.6) is 17.4 Å². The van der Waals surface area contributed by atoms with Crippen LogP contribution >= 0.6 is 11.3 Å². The van der Waals surface area contributed by atoms with Gasteiger partial charge in [0.15, 0.2) is 11.2 Å². The smallest absolute Gasteiger partial charge is 0.307 e. The highest BCUT2D eigenvalue weighted by Crippen LogP contribution is 2.28. The number of hydrogen-bond acceptors (Lipinski definition) is 8. The summed E-state index contributed by atoms with van der Waals surface area (Å²) in [6.45, 7) is 0. The number of aromatic nitrogens is 1. The van der Waals surface area contributed by atoms with Gasteiger partial charge in [-0.25, -0.2) is 0 Å². The maximum atomic E-state index is 12.6. The topological polar surface area (TPSA) is 142 Å². The molecule has 1 amide bonds. The van der Waals surface area contributed by atoms with E-state index < -0.39 is 11.3 Å². The number of anilines is 1. The first-order chi connectivity index (χ1) is 14.8. The number of benzene rings is 2. The molecule has 9 nitrogen and oxygen atoms in total. The maximum absolute atomic E-state index is 12.6. The molecule has 0 unspecified atom stereocenters. The average molecular weight is 440 g/mol. The number of aromatic hydroxyl groups is 2. The second-order valence-corrected chi connectivity index (χ2v) is 7.68. The number of methoxy groups -OCH3 is 1. The molecule has 2 aromatic carbocycles. The Labute approximate surface area is 178 Å². The second-order valence-electron chi connectivity index (χ2n) is 6.61. The molecule has 0 saturated heterocycles. The minimum absolute atomic E-state index is 0.0233. The van der Waals surface area contributed by atoms with Crippen LogP contribution in [-0.4, -0.2) is 28.2 Å². The fourth-order valence-corrected chi connectivity index (χ4v) is 3.79. The third kappa shape index (κ3) is 4.14. The summed E-state index contributed by atoms with van der Waals surface area (Å²) in [6, 6.07) is 10.5. The number of H-pyrrole nitrogens is 1. The molecule has 0 spiro atoms. The molecule has 31 heavy (non-hydrogen) atoms. The lowest BCUT2D eigenvalue weighted by atomic mass is 10.1. The number of nitrogens with one attached hydrogen (secondary N) is 2. The fraction of sp³-hybridized carbons (Fsp3) is 0.0952. The first kappa shape index (κ1) is 20.2. The van der Waals surface area contributed by atoms with Gasteiger partial charge in [-0.2, -0.15) is 0 Å². The van der Waals surface area contributed by atoms with Crippen LogP contribution in [0, 0.1) is 0 Å². The zero-order valence-electron chi connectivity index (χ0n) is 16.1. The molecular formula is C21H16N2O7S. The molecule has 0 fully saturated rings. The third-order valence-corrected chi connectivity index (χ3v) is 5.39. The van der Waals surface area contributed by atoms with Gasteiger partial charge in [0, 0.05) is 30.3 Å². The van der Waals surface area contributed by atoms with E-state index in [9.17, 15) is 24.6 Å². The lowest BCUT2D eigenvalue weighted by molar-refractivity contribution is 0.0997. The maximum Gasteiger partial charge on any atom is 0.307 e. The summed E-state index contributed by atoms with van der Waals surface area (Å²) < 4.78 is 10.6. The van der Waals surface area contributed by atoms with Gasteiger partial charge in [0.05, 0.1) is 12.0 Å². The van der Waals surface area contributed by atoms with E-state index in [1.54, 1.807) is 24.3 Å². The number of hydrogen-bond donors (Lipinski definition) is 4. The number of rotatable bonds is 5. The van der Waals surface area contributed by atoms with Gasteiger partial charge >= 0.3 is 4.87 Å². The Balaban J connectivity index is 1.55. The molecule has 0 radical (unpaired) electrons. The summed E-state index contributed by atoms with van der Waals surface area (Å²) in [4.78, 5) is 38.7. The predicted octanol–water partition coefficient (Wildman–Crippen LogP) is 2.81. The third-order valence-electron chi connectivity index (χ3n) is 4.52. The highest BCUT2D eigenvalue weighted by Gasteiger charge is 2.16. The molecular weight excluding hydrogens is 424 g/mol. The average Bonchev–Trinajstić information content (AvgIpc) is 3.05. The summed E-state index contributed by atoms with van der Waals surface area (Å²) in [5, 5.41) is 22.3. The summed E-state index contributed by atoms with van der Waals surface area (Å²) in [5.74, 6) is -1.04. The van der Waals surface area contributed by atoms with Crippen molar-refractivity contribution in [3.63, 3.8) is 0 Å². The number of phenolic OH excluding ortho intramolecular Hbond substituents is 1. The molecule has 0 bridgehead atoms. The van der Waals surface area contributed by atoms with Crippen molar-refractivity contribution in [1.82, 2.24) is 4.98 Å². The number of aromatic amines is 1. The summed E-state index contributed by atoms with van der Waals surface area (Å²) in [5.41, 5.74) is 0.738. The van der Waals surface area contributed by atoms with Crippen LogP contribution in [0.25, 0.3) is 11.0 Å². The lowest BCUT2D eigenvalue weighted by Gasteiger charge is -2.08. The Bertz CT molecular complexity index is 1400. The molecule has 0 aliphatic carbocycles. The van der Waals surface area contributed by atoms with E-state index in [-0.39, 0.29) is 39.0 Å². The van der Waals surface area contributed by atoms with E-state index in [1.807, 2.05) is 0 Å². The van der Waals surface area contributed by atoms with Gasteiger partial charge in [-0.05, 0) is 17.7 Å². The lowest BCUT2D eigenvalue weighted by Crippen LogP contribution is -2.15. The standard InChI is InChI=1S/C21H16N2O7S/c1-29-12-7-13(24)18-14(25)9-16(30-15(18)8-12)19(26)22-11-4-2-10(3-5-11)6-17-20(27)23-21(28)31-17/h2-5,7-9,24,27H,6H2,1H3,(H,22,26)(H,23,28). The fourth-order valence-electron chi connectivity index (χ4n) is 3.03. The van der Waals surface area contributed by atoms with Crippen molar-refractivity contribution in [3.8, 4) is 17.4 Å². The summed E-state index contributed by atoms with van der Waals surface area (Å²) in [7, 11) is 1.40. The number of thiazole rings is 1. The molecule has 0 aliphatic heterocycles. The first-order valence-electron chi connectivity index (χ1n) is 9.00. The van der Waals surface area contributed by atoms with Gasteiger partial charge in [0.2, 0.25) is 5.88 Å². The highest BCUT2D eigenvalue weighted by molar-refractivity contribution is 7.09. The van der Waals surface area contributed by atoms with Crippen LogP contribution in [0.15, 0.2) is 56.5 Å². The molecule has 10 heteroatoms. The monoisotopic (exact) mass is 440 g/mol. The number of fused-ring (bicyclic) bond motifs is 1. The Kier molecular flexibility index (Phi) is 5.22. The molecule has 2 aromatic heterocycles. The van der Waals surface area contributed by atoms with Crippen LogP contribution in [0.1, 0.15) is 21.0 Å². The second kappa shape index (κ2) is 8.00. The summed E-state index contributed by atoms with van der Waals surface area (Å²) >= 11 is 0.927. The molecule has 4 rings (SSSR count). The van der Waals surface area contributed by atoms with Crippen LogP contribution in [-0.2, 0) is 6.42 Å². The van der Waals surface area contributed by atoms with Gasteiger partial charge in [0.25, 0.3) is 5.91 Å². The Morgan fingerprint density at radius 2 is 1.90 bits per heavy atom. The van der Waals surface area contributed by atoms with E-state index >= 15 is 0 Å². The normalized spacial score (nSPS) is 10.9. The molecule has 2 heterocycles. The number of carbonyl (C=O) groups excluding carboxylic acids is 1.